The van der Waals surface area contributed by atoms with E-state index in [1.807, 2.05) is 37.4 Å². The van der Waals surface area contributed by atoms with E-state index in [0.717, 1.165) is 106 Å². The Balaban J connectivity index is 0.000000150. The molecule has 2 aromatic carbocycles. The average Bonchev–Trinajstić information content (AvgIpc) is 1.57. The maximum Gasteiger partial charge on any atom is 0.238 e. The number of fused-ring (bicyclic) bond motifs is 6. The third-order valence-electron chi connectivity index (χ3n) is 22.2. The number of nitrogens with one attached hydrogen (secondary N) is 1. The summed E-state index contributed by atoms with van der Waals surface area (Å²) < 4.78 is 31.0. The van der Waals surface area contributed by atoms with Gasteiger partial charge in [-0.1, -0.05) is 48.7 Å². The number of nitrogens with zero attached hydrogens (tertiary/aromatic N) is 14. The van der Waals surface area contributed by atoms with Crippen molar-refractivity contribution in [2.75, 3.05) is 73.2 Å². The number of likely N-dealkylation sites (tertiary alicyclic amines) is 4. The van der Waals surface area contributed by atoms with Crippen molar-refractivity contribution < 1.29 is 28.0 Å². The number of carbonyl (C=O) groups is 4. The van der Waals surface area contributed by atoms with Gasteiger partial charge < -0.3 is 49.6 Å². The Bertz CT molecular complexity index is 4280. The summed E-state index contributed by atoms with van der Waals surface area (Å²) >= 11 is 6.73. The first-order valence-electron chi connectivity index (χ1n) is 34.9. The van der Waals surface area contributed by atoms with Gasteiger partial charge in [0.25, 0.3) is 0 Å². The van der Waals surface area contributed by atoms with Crippen LogP contribution in [0, 0.1) is 11.6 Å². The summed E-state index contributed by atoms with van der Waals surface area (Å²) in [6.45, 7) is 18.6. The molecule has 3 N–H and O–H groups in total. The number of amides is 4. The summed E-state index contributed by atoms with van der Waals surface area (Å²) in [5, 5.41) is 3.66. The summed E-state index contributed by atoms with van der Waals surface area (Å²) in [7, 11) is 0. The first kappa shape index (κ1) is 65.8. The van der Waals surface area contributed by atoms with Gasteiger partial charge in [0.2, 0.25) is 23.6 Å². The predicted molar refractivity (Wildman–Crippen MR) is 374 cm³/mol. The van der Waals surface area contributed by atoms with Crippen molar-refractivity contribution in [2.45, 2.75) is 179 Å². The second-order valence-electron chi connectivity index (χ2n) is 28.5. The van der Waals surface area contributed by atoms with Gasteiger partial charge in [0.15, 0.2) is 22.6 Å². The highest BCUT2D eigenvalue weighted by atomic mass is 35.5. The molecule has 16 rings (SSSR count). The Morgan fingerprint density at radius 1 is 0.567 bits per heavy atom. The van der Waals surface area contributed by atoms with Crippen LogP contribution in [0.1, 0.15) is 155 Å². The van der Waals surface area contributed by atoms with Gasteiger partial charge in [-0.05, 0) is 178 Å². The van der Waals surface area contributed by atoms with Crippen molar-refractivity contribution in [1.82, 2.24) is 58.6 Å². The molecule has 97 heavy (non-hydrogen) atoms. The van der Waals surface area contributed by atoms with Crippen molar-refractivity contribution in [3.63, 3.8) is 0 Å². The van der Waals surface area contributed by atoms with E-state index in [9.17, 15) is 28.0 Å². The second-order valence-corrected chi connectivity index (χ2v) is 28.9. The van der Waals surface area contributed by atoms with Crippen LogP contribution in [0.2, 0.25) is 5.15 Å². The number of rotatable bonds is 10. The molecule has 4 amide bonds. The summed E-state index contributed by atoms with van der Waals surface area (Å²) in [4.78, 5) is 93.2. The van der Waals surface area contributed by atoms with E-state index < -0.39 is 22.5 Å². The number of piperidine rings is 4. The molecule has 0 radical (unpaired) electrons. The first-order valence-corrected chi connectivity index (χ1v) is 35.3. The van der Waals surface area contributed by atoms with E-state index in [1.165, 1.54) is 70.1 Å². The highest BCUT2D eigenvalue weighted by molar-refractivity contribution is 6.34. The van der Waals surface area contributed by atoms with Crippen molar-refractivity contribution in [3.05, 3.63) is 126 Å². The molecule has 0 bridgehead atoms. The van der Waals surface area contributed by atoms with Crippen LogP contribution in [0.4, 0.5) is 37.3 Å². The fourth-order valence-electron chi connectivity index (χ4n) is 16.5. The number of nitrogens with two attached hydrogens (primary N) is 1. The molecule has 8 aromatic rings. The van der Waals surface area contributed by atoms with Crippen LogP contribution in [0.25, 0.3) is 44.6 Å². The highest BCUT2D eigenvalue weighted by Crippen LogP contribution is 2.54. The van der Waals surface area contributed by atoms with Gasteiger partial charge in [0.1, 0.15) is 11.0 Å². The normalized spacial score (nSPS) is 22.1. The number of anilines is 5. The van der Waals surface area contributed by atoms with Crippen LogP contribution in [0.15, 0.2) is 98.1 Å². The van der Waals surface area contributed by atoms with Crippen molar-refractivity contribution in [3.8, 4) is 22.5 Å². The van der Waals surface area contributed by atoms with Crippen LogP contribution in [0.5, 0.6) is 0 Å². The van der Waals surface area contributed by atoms with Gasteiger partial charge >= 0.3 is 0 Å². The molecule has 23 heteroatoms. The molecule has 2 saturated carbocycles. The molecule has 2 spiro atoms. The fourth-order valence-corrected chi connectivity index (χ4v) is 16.8. The zero-order chi connectivity index (χ0) is 67.6. The van der Waals surface area contributed by atoms with Crippen LogP contribution >= 0.6 is 11.6 Å². The highest BCUT2D eigenvalue weighted by Gasteiger charge is 2.57. The molecule has 8 aliphatic rings. The molecule has 20 nitrogen and oxygen atoms in total. The molecular weight excluding hydrogens is 1250 g/mol. The molecule has 508 valence electrons. The molecule has 12 heterocycles. The minimum absolute atomic E-state index is 0.0588. The molecule has 0 atom stereocenters. The number of pyridine rings is 4. The molecule has 0 unspecified atom stereocenters. The number of nitrogen functional groups attached to an aromatic ring is 1. The zero-order valence-electron chi connectivity index (χ0n) is 56.4. The lowest BCUT2D eigenvalue weighted by molar-refractivity contribution is -0.134. The average molecular weight is 1340 g/mol. The Morgan fingerprint density at radius 3 is 1.44 bits per heavy atom. The molecule has 6 fully saturated rings. The number of benzene rings is 2. The Kier molecular flexibility index (Phi) is 18.1. The largest absolute Gasteiger partial charge is 0.396 e. The Morgan fingerprint density at radius 2 is 1.01 bits per heavy atom. The van der Waals surface area contributed by atoms with E-state index in [4.69, 9.17) is 32.3 Å². The smallest absolute Gasteiger partial charge is 0.238 e. The van der Waals surface area contributed by atoms with Gasteiger partial charge in [0, 0.05) is 111 Å². The summed E-state index contributed by atoms with van der Waals surface area (Å²) in [6.07, 6.45) is 23.1. The molecular formula is C74H87ClF2N16O4. The zero-order valence-corrected chi connectivity index (χ0v) is 57.1. The van der Waals surface area contributed by atoms with Gasteiger partial charge in [-0.2, -0.15) is 0 Å². The lowest BCUT2D eigenvalue weighted by Gasteiger charge is -2.48. The monoisotopic (exact) mass is 1340 g/mol. The number of halogens is 3. The quantitative estimate of drug-likeness (QED) is 0.122. The molecule has 6 aromatic heterocycles. The third kappa shape index (κ3) is 12.2. The number of carbonyl (C=O) groups excluding carboxylic acids is 4. The minimum atomic E-state index is -0.630. The number of imidazole rings is 2. The first-order chi connectivity index (χ1) is 46.8. The van der Waals surface area contributed by atoms with Gasteiger partial charge in [-0.3, -0.25) is 29.1 Å². The molecule has 6 aliphatic heterocycles. The second kappa shape index (κ2) is 26.7. The van der Waals surface area contributed by atoms with Gasteiger partial charge in [0.05, 0.1) is 69.7 Å². The fraction of sp³-hybridized carbons (Fsp3) is 0.486. The lowest BCUT2D eigenvalue weighted by Crippen LogP contribution is -2.58. The molecule has 4 saturated heterocycles. The van der Waals surface area contributed by atoms with Crippen LogP contribution in [-0.4, -0.2) is 159 Å². The van der Waals surface area contributed by atoms with E-state index in [0.29, 0.717) is 80.6 Å². The summed E-state index contributed by atoms with van der Waals surface area (Å²) in [5.41, 5.74) is 14.9. The van der Waals surface area contributed by atoms with E-state index in [-0.39, 0.29) is 59.2 Å². The van der Waals surface area contributed by atoms with Gasteiger partial charge in [-0.25, -0.2) is 28.7 Å². The Labute approximate surface area is 570 Å². The van der Waals surface area contributed by atoms with Crippen molar-refractivity contribution in [1.29, 1.82) is 0 Å². The summed E-state index contributed by atoms with van der Waals surface area (Å²) in [6, 6.07) is 21.4. The maximum atomic E-state index is 14.8. The van der Waals surface area contributed by atoms with Crippen LogP contribution < -0.4 is 20.9 Å². The Hall–Kier alpha value is -8.47. The van der Waals surface area contributed by atoms with Crippen LogP contribution in [0.3, 0.4) is 0 Å². The van der Waals surface area contributed by atoms with E-state index in [1.54, 1.807) is 32.4 Å². The van der Waals surface area contributed by atoms with Crippen molar-refractivity contribution >= 4 is 85.9 Å². The standard InChI is InChI=1S/C37H43FN8O2.C32H39ClN6O2.C5H5FN2/c1-23(2)45-22-40-32-20-31(42-35(34(32)45)41-30-9-12-39-21-29(30)38)25-7-8-28-33(17-25)46(27-18-26(19-27)44-13-5-4-6-14-44)36(48)37(28)10-15-43(16-11-37)24(3)47;1-20(2)38-19-34-27-18-26(35-30(33)29(27)38)22-7-8-25-28(15-22)39(24-16-23(17-24)37-11-5-4-6-12-37)31(41)32(25)9-13-36(14-10-32)21(3)40;6-4-3-8-2-1-5(4)7/h7-9,12,17,20-23,26-27H,4-6,10-11,13-16,18-19H2,1-3H3,(H,39,41,42);7-8,15,18-20,23-24H,4-6,9-14,16-17H2,1-3H3;1-3H,(H2,7,8). The number of aromatic nitrogens is 8. The number of hydrogen-bond acceptors (Lipinski definition) is 14. The summed E-state index contributed by atoms with van der Waals surface area (Å²) in [5.74, 6) is 0.102. The predicted octanol–water partition coefficient (Wildman–Crippen LogP) is 12.6. The third-order valence-corrected chi connectivity index (χ3v) is 22.5. The van der Waals surface area contributed by atoms with E-state index >= 15 is 0 Å². The van der Waals surface area contributed by atoms with Gasteiger partial charge in [-0.15, -0.1) is 0 Å². The minimum Gasteiger partial charge on any atom is -0.396 e. The lowest BCUT2D eigenvalue weighted by atomic mass is 9.73. The topological polar surface area (TPSA) is 213 Å². The maximum absolute atomic E-state index is 14.8. The van der Waals surface area contributed by atoms with Crippen molar-refractivity contribution in [2.24, 2.45) is 0 Å². The van der Waals surface area contributed by atoms with Crippen LogP contribution in [-0.2, 0) is 30.0 Å². The van der Waals surface area contributed by atoms with E-state index in [2.05, 4.69) is 104 Å². The molecule has 2 aliphatic carbocycles. The SMILES string of the molecule is CC(=O)N1CCC2(CC1)C(=O)N(C1CC(N3CCCCC3)C1)c1cc(-c3cc4ncn(C(C)C)c4c(Cl)n3)ccc12.CC(=O)N1CCC2(CC1)C(=O)N(C1CC(N3CCCCC3)C1)c1cc(-c3cc4ncn(C(C)C)c4c(Nc4ccncc4F)n3)ccc12.Nc1ccncc1F. The number of hydrogen-bond donors (Lipinski definition) is 2.